The van der Waals surface area contributed by atoms with Crippen molar-refractivity contribution in [2.45, 2.75) is 13.8 Å². The Labute approximate surface area is 220 Å². The lowest BCUT2D eigenvalue weighted by atomic mass is 10.1. The maximum absolute atomic E-state index is 12.7. The molecule has 0 unspecified atom stereocenters. The molecule has 0 atom stereocenters. The molecule has 3 aromatic carbocycles. The Morgan fingerprint density at radius 1 is 0.658 bits per heavy atom. The van der Waals surface area contributed by atoms with E-state index in [0.29, 0.717) is 22.9 Å². The number of fused-ring (bicyclic) bond motifs is 8. The minimum absolute atomic E-state index is 0.0846. The topological polar surface area (TPSA) is 114 Å². The third-order valence-electron chi connectivity index (χ3n) is 5.21. The lowest BCUT2D eigenvalue weighted by molar-refractivity contribution is 0.0501. The second-order valence-electron chi connectivity index (χ2n) is 7.87. The molecule has 0 fully saturated rings. The molecule has 3 aromatic rings. The van der Waals surface area contributed by atoms with Gasteiger partial charge in [0, 0.05) is 12.1 Å². The Kier molecular flexibility index (Phi) is 9.12. The van der Waals surface area contributed by atoms with Crippen LogP contribution in [-0.4, -0.2) is 51.6 Å². The molecule has 0 aromatic heterocycles. The Morgan fingerprint density at radius 3 is 1.50 bits per heavy atom. The van der Waals surface area contributed by atoms with E-state index >= 15 is 0 Å². The van der Waals surface area contributed by atoms with E-state index in [2.05, 4.69) is 10.2 Å². The largest absolute Gasteiger partial charge is 0.490 e. The van der Waals surface area contributed by atoms with Crippen molar-refractivity contribution in [2.75, 3.05) is 39.6 Å². The van der Waals surface area contributed by atoms with Crippen LogP contribution in [0.3, 0.4) is 0 Å². The lowest BCUT2D eigenvalue weighted by Crippen LogP contribution is -2.16. The fraction of sp³-hybridized carbons (Fsp3) is 0.286. The van der Waals surface area contributed by atoms with Gasteiger partial charge in [0.25, 0.3) is 0 Å². The summed E-state index contributed by atoms with van der Waals surface area (Å²) < 4.78 is 33.7. The highest BCUT2D eigenvalue weighted by Crippen LogP contribution is 2.31. The van der Waals surface area contributed by atoms with Crippen molar-refractivity contribution in [1.29, 1.82) is 0 Å². The highest BCUT2D eigenvalue weighted by molar-refractivity contribution is 5.98. The molecule has 2 aliphatic rings. The van der Waals surface area contributed by atoms with Gasteiger partial charge in [-0.25, -0.2) is 9.59 Å². The van der Waals surface area contributed by atoms with Crippen molar-refractivity contribution in [1.82, 2.24) is 0 Å². The molecule has 2 heterocycles. The quantitative estimate of drug-likeness (QED) is 0.404. The molecule has 0 aliphatic carbocycles. The van der Waals surface area contributed by atoms with E-state index in [1.54, 1.807) is 62.4 Å². The van der Waals surface area contributed by atoms with Gasteiger partial charge in [-0.1, -0.05) is 12.1 Å². The molecule has 2 aliphatic heterocycles. The predicted molar refractivity (Wildman–Crippen MR) is 137 cm³/mol. The van der Waals surface area contributed by atoms with Crippen molar-refractivity contribution >= 4 is 23.3 Å². The number of hydrogen-bond donors (Lipinski definition) is 0. The zero-order valence-corrected chi connectivity index (χ0v) is 21.2. The number of hydrogen-bond acceptors (Lipinski definition) is 10. The molecular weight excluding hydrogens is 492 g/mol. The SMILES string of the molecule is CCOC(=O)c1cc2c(C(=O)OCC)cc1OCCOc1cccc(c1)N=Nc1cccc(c1)OCCO2. The van der Waals surface area contributed by atoms with Crippen LogP contribution in [0.1, 0.15) is 34.6 Å². The molecule has 0 radical (unpaired) electrons. The highest BCUT2D eigenvalue weighted by atomic mass is 16.6. The van der Waals surface area contributed by atoms with Crippen LogP contribution in [0, 0.1) is 0 Å². The molecule has 10 nitrogen and oxygen atoms in total. The number of carbonyl (C=O) groups excluding carboxylic acids is 2. The van der Waals surface area contributed by atoms with Crippen LogP contribution in [0.15, 0.2) is 70.9 Å². The van der Waals surface area contributed by atoms with Gasteiger partial charge in [0.1, 0.15) is 60.6 Å². The van der Waals surface area contributed by atoms with Crippen molar-refractivity contribution in [3.05, 3.63) is 71.8 Å². The van der Waals surface area contributed by atoms with Crippen molar-refractivity contribution in [3.63, 3.8) is 0 Å². The summed E-state index contributed by atoms with van der Waals surface area (Å²) in [6.07, 6.45) is 0. The Hall–Kier alpha value is -4.60. The number of carbonyl (C=O) groups is 2. The number of rotatable bonds is 4. The van der Waals surface area contributed by atoms with Crippen LogP contribution in [0.2, 0.25) is 0 Å². The predicted octanol–water partition coefficient (Wildman–Crippen LogP) is 5.68. The first kappa shape index (κ1) is 26.5. The van der Waals surface area contributed by atoms with Crippen LogP contribution in [-0.2, 0) is 9.47 Å². The highest BCUT2D eigenvalue weighted by Gasteiger charge is 2.23. The number of ether oxygens (including phenoxy) is 6. The van der Waals surface area contributed by atoms with E-state index < -0.39 is 11.9 Å². The average Bonchev–Trinajstić information content (AvgIpc) is 2.92. The van der Waals surface area contributed by atoms with Gasteiger partial charge in [0.2, 0.25) is 0 Å². The number of azo groups is 1. The van der Waals surface area contributed by atoms with Crippen LogP contribution >= 0.6 is 0 Å². The molecule has 0 saturated carbocycles. The lowest BCUT2D eigenvalue weighted by Gasteiger charge is -2.17. The molecule has 10 heteroatoms. The van der Waals surface area contributed by atoms with Crippen molar-refractivity contribution in [3.8, 4) is 23.0 Å². The minimum atomic E-state index is -0.614. The molecule has 198 valence electrons. The third kappa shape index (κ3) is 7.00. The third-order valence-corrected chi connectivity index (χ3v) is 5.21. The van der Waals surface area contributed by atoms with Gasteiger partial charge in [-0.15, -0.1) is 0 Å². The summed E-state index contributed by atoms with van der Waals surface area (Å²) >= 11 is 0. The smallest absolute Gasteiger partial charge is 0.342 e. The summed E-state index contributed by atoms with van der Waals surface area (Å²) in [5, 5.41) is 8.55. The Balaban J connectivity index is 1.68. The monoisotopic (exact) mass is 520 g/mol. The molecule has 0 N–H and O–H groups in total. The summed E-state index contributed by atoms with van der Waals surface area (Å²) in [6.45, 7) is 4.22. The standard InChI is InChI=1S/C28H28N2O8/c1-3-33-27(31)23-17-26-24(28(32)34-4-2)18-25(23)37-13-11-35-21-9-5-7-19(15-21)29-30-20-8-6-10-22(16-20)36-12-14-38-26/h5-10,15-18H,3-4,11-14H2,1-2H3. The van der Waals surface area contributed by atoms with Crippen LogP contribution < -0.4 is 18.9 Å². The number of benzene rings is 3. The first-order valence-corrected chi connectivity index (χ1v) is 12.2. The first-order valence-electron chi connectivity index (χ1n) is 12.2. The zero-order valence-electron chi connectivity index (χ0n) is 21.2. The second-order valence-corrected chi connectivity index (χ2v) is 7.87. The number of esters is 2. The van der Waals surface area contributed by atoms with E-state index in [-0.39, 0.29) is 62.3 Å². The number of nitrogens with zero attached hydrogens (tertiary/aromatic N) is 2. The van der Waals surface area contributed by atoms with E-state index in [1.807, 2.05) is 0 Å². The van der Waals surface area contributed by atoms with E-state index in [9.17, 15) is 9.59 Å². The van der Waals surface area contributed by atoms with Crippen molar-refractivity contribution < 1.29 is 38.0 Å². The Morgan fingerprint density at radius 2 is 1.08 bits per heavy atom. The average molecular weight is 521 g/mol. The van der Waals surface area contributed by atoms with E-state index in [0.717, 1.165) is 0 Å². The Bertz CT molecular complexity index is 1210. The summed E-state index contributed by atoms with van der Waals surface area (Å²) in [5.41, 5.74) is 1.44. The van der Waals surface area contributed by atoms with Gasteiger partial charge in [-0.3, -0.25) is 0 Å². The summed E-state index contributed by atoms with van der Waals surface area (Å²) in [5.74, 6) is 0.199. The van der Waals surface area contributed by atoms with Gasteiger partial charge in [-0.2, -0.15) is 10.2 Å². The van der Waals surface area contributed by atoms with Crippen LogP contribution in [0.25, 0.3) is 0 Å². The van der Waals surface area contributed by atoms with Gasteiger partial charge < -0.3 is 28.4 Å². The van der Waals surface area contributed by atoms with Gasteiger partial charge >= 0.3 is 11.9 Å². The molecule has 0 amide bonds. The maximum Gasteiger partial charge on any atom is 0.342 e. The maximum atomic E-state index is 12.7. The zero-order chi connectivity index (χ0) is 26.7. The molecule has 5 rings (SSSR count). The van der Waals surface area contributed by atoms with Crippen LogP contribution in [0.4, 0.5) is 11.4 Å². The summed E-state index contributed by atoms with van der Waals surface area (Å²) in [7, 11) is 0. The fourth-order valence-electron chi connectivity index (χ4n) is 3.54. The van der Waals surface area contributed by atoms with Crippen molar-refractivity contribution in [2.24, 2.45) is 10.2 Å². The molecule has 0 spiro atoms. The summed E-state index contributed by atoms with van der Waals surface area (Å²) in [4.78, 5) is 25.4. The molecule has 0 saturated heterocycles. The normalized spacial score (nSPS) is 13.2. The van der Waals surface area contributed by atoms with E-state index in [4.69, 9.17) is 28.4 Å². The molecule has 38 heavy (non-hydrogen) atoms. The van der Waals surface area contributed by atoms with Gasteiger partial charge in [0.05, 0.1) is 24.6 Å². The minimum Gasteiger partial charge on any atom is -0.490 e. The first-order chi connectivity index (χ1) is 18.6. The van der Waals surface area contributed by atoms with Gasteiger partial charge in [0.15, 0.2) is 0 Å². The van der Waals surface area contributed by atoms with Gasteiger partial charge in [-0.05, 0) is 50.2 Å². The van der Waals surface area contributed by atoms with Crippen LogP contribution in [0.5, 0.6) is 23.0 Å². The molecule has 6 bridgehead atoms. The fourth-order valence-corrected chi connectivity index (χ4v) is 3.54. The second kappa shape index (κ2) is 13.1. The molecular formula is C28H28N2O8. The summed E-state index contributed by atoms with van der Waals surface area (Å²) in [6, 6.07) is 17.1. The van der Waals surface area contributed by atoms with E-state index in [1.165, 1.54) is 12.1 Å².